The summed E-state index contributed by atoms with van der Waals surface area (Å²) in [5, 5.41) is 3.26. The second-order valence-electron chi connectivity index (χ2n) is 4.05. The number of nitrogens with zero attached hydrogens (tertiary/aromatic N) is 2. The molecular weight excluding hydrogens is 322 g/mol. The summed E-state index contributed by atoms with van der Waals surface area (Å²) in [6.07, 6.45) is 2.22. The summed E-state index contributed by atoms with van der Waals surface area (Å²) in [6.45, 7) is 2.02. The third-order valence-corrected chi connectivity index (χ3v) is 3.26. The fourth-order valence-electron chi connectivity index (χ4n) is 1.87. The highest BCUT2D eigenvalue weighted by Gasteiger charge is 2.10. The van der Waals surface area contributed by atoms with Crippen LogP contribution in [0.25, 0.3) is 0 Å². The van der Waals surface area contributed by atoms with Crippen LogP contribution in [0.2, 0.25) is 0 Å². The van der Waals surface area contributed by atoms with E-state index in [1.54, 1.807) is 7.11 Å². The van der Waals surface area contributed by atoms with E-state index in [4.69, 9.17) is 10.6 Å². The van der Waals surface area contributed by atoms with Gasteiger partial charge in [-0.05, 0) is 18.6 Å². The zero-order chi connectivity index (χ0) is 14.5. The Bertz CT molecular complexity index is 605. The highest BCUT2D eigenvalue weighted by Crippen LogP contribution is 2.28. The van der Waals surface area contributed by atoms with E-state index in [0.717, 1.165) is 33.7 Å². The number of ether oxygens (including phenoxy) is 1. The van der Waals surface area contributed by atoms with Crippen LogP contribution in [0.4, 0.5) is 17.3 Å². The average Bonchev–Trinajstić information content (AvgIpc) is 2.46. The van der Waals surface area contributed by atoms with Gasteiger partial charge in [0.05, 0.1) is 7.11 Å². The Morgan fingerprint density at radius 1 is 1.25 bits per heavy atom. The minimum absolute atomic E-state index is 0.618. The number of nitrogens with one attached hydrogen (secondary N) is 2. The molecule has 0 radical (unpaired) electrons. The van der Waals surface area contributed by atoms with Gasteiger partial charge in [0.2, 0.25) is 0 Å². The van der Waals surface area contributed by atoms with Gasteiger partial charge in [0.1, 0.15) is 23.7 Å². The van der Waals surface area contributed by atoms with Gasteiger partial charge >= 0.3 is 0 Å². The molecule has 0 aliphatic carbocycles. The number of aromatic nitrogens is 2. The molecule has 1 aromatic heterocycles. The maximum Gasteiger partial charge on any atom is 0.148 e. The highest BCUT2D eigenvalue weighted by molar-refractivity contribution is 9.10. The van der Waals surface area contributed by atoms with Crippen LogP contribution in [0.3, 0.4) is 0 Å². The van der Waals surface area contributed by atoms with Crippen molar-refractivity contribution < 1.29 is 4.74 Å². The standard InChI is InChI=1S/C13H16BrN5O/c1-3-11-12(16-7-17-13(11)19-15)18-9-4-8(14)5-10(6-9)20-2/h4-7H,3,15H2,1-2H3,(H2,16,17,18,19). The number of hydrazine groups is 1. The molecule has 6 nitrogen and oxygen atoms in total. The Kier molecular flexibility index (Phi) is 4.75. The first kappa shape index (κ1) is 14.5. The van der Waals surface area contributed by atoms with E-state index in [-0.39, 0.29) is 0 Å². The van der Waals surface area contributed by atoms with E-state index < -0.39 is 0 Å². The van der Waals surface area contributed by atoms with Gasteiger partial charge in [0.15, 0.2) is 0 Å². The largest absolute Gasteiger partial charge is 0.497 e. The molecule has 0 bridgehead atoms. The van der Waals surface area contributed by atoms with Crippen molar-refractivity contribution in [1.82, 2.24) is 9.97 Å². The van der Waals surface area contributed by atoms with Gasteiger partial charge in [-0.25, -0.2) is 15.8 Å². The molecule has 7 heteroatoms. The molecule has 20 heavy (non-hydrogen) atoms. The maximum atomic E-state index is 5.46. The molecule has 0 amide bonds. The summed E-state index contributed by atoms with van der Waals surface area (Å²) < 4.78 is 6.16. The van der Waals surface area contributed by atoms with Crippen LogP contribution in [-0.2, 0) is 6.42 Å². The summed E-state index contributed by atoms with van der Waals surface area (Å²) in [7, 11) is 1.63. The van der Waals surface area contributed by atoms with E-state index >= 15 is 0 Å². The summed E-state index contributed by atoms with van der Waals surface area (Å²) in [5.74, 6) is 7.55. The van der Waals surface area contributed by atoms with Crippen LogP contribution in [0.1, 0.15) is 12.5 Å². The zero-order valence-corrected chi connectivity index (χ0v) is 12.9. The molecule has 0 saturated carbocycles. The lowest BCUT2D eigenvalue weighted by Gasteiger charge is -2.13. The average molecular weight is 338 g/mol. The number of rotatable bonds is 5. The molecule has 1 heterocycles. The summed E-state index contributed by atoms with van der Waals surface area (Å²) >= 11 is 3.45. The van der Waals surface area contributed by atoms with Crippen molar-refractivity contribution >= 4 is 33.3 Å². The third-order valence-electron chi connectivity index (χ3n) is 2.81. The Morgan fingerprint density at radius 2 is 2.00 bits per heavy atom. The number of hydrogen-bond donors (Lipinski definition) is 3. The quantitative estimate of drug-likeness (QED) is 0.574. The molecule has 0 atom stereocenters. The molecule has 1 aromatic carbocycles. The van der Waals surface area contributed by atoms with Gasteiger partial charge in [-0.15, -0.1) is 0 Å². The highest BCUT2D eigenvalue weighted by atomic mass is 79.9. The molecular formula is C13H16BrN5O. The van der Waals surface area contributed by atoms with Crippen LogP contribution in [0.15, 0.2) is 29.0 Å². The van der Waals surface area contributed by atoms with Crippen molar-refractivity contribution in [2.75, 3.05) is 17.9 Å². The summed E-state index contributed by atoms with van der Waals surface area (Å²) in [4.78, 5) is 8.37. The molecule has 2 aromatic rings. The van der Waals surface area contributed by atoms with Crippen molar-refractivity contribution in [2.24, 2.45) is 5.84 Å². The fourth-order valence-corrected chi connectivity index (χ4v) is 2.34. The monoisotopic (exact) mass is 337 g/mol. The molecule has 0 fully saturated rings. The molecule has 0 saturated heterocycles. The third kappa shape index (κ3) is 3.17. The fraction of sp³-hybridized carbons (Fsp3) is 0.231. The number of anilines is 3. The zero-order valence-electron chi connectivity index (χ0n) is 11.3. The first-order valence-corrected chi connectivity index (χ1v) is 6.89. The van der Waals surface area contributed by atoms with Crippen LogP contribution in [0, 0.1) is 0 Å². The second-order valence-corrected chi connectivity index (χ2v) is 4.97. The van der Waals surface area contributed by atoms with E-state index in [1.165, 1.54) is 6.33 Å². The molecule has 106 valence electrons. The van der Waals surface area contributed by atoms with Gasteiger partial charge < -0.3 is 15.5 Å². The summed E-state index contributed by atoms with van der Waals surface area (Å²) in [6, 6.07) is 5.72. The predicted molar refractivity (Wildman–Crippen MR) is 83.2 cm³/mol. The molecule has 0 aliphatic rings. The van der Waals surface area contributed by atoms with Gasteiger partial charge in [-0.1, -0.05) is 22.9 Å². The van der Waals surface area contributed by atoms with Crippen LogP contribution >= 0.6 is 15.9 Å². The van der Waals surface area contributed by atoms with E-state index in [2.05, 4.69) is 36.6 Å². The maximum absolute atomic E-state index is 5.46. The molecule has 0 unspecified atom stereocenters. The number of hydrogen-bond acceptors (Lipinski definition) is 6. The van der Waals surface area contributed by atoms with E-state index in [1.807, 2.05) is 25.1 Å². The van der Waals surface area contributed by atoms with Crippen LogP contribution in [0.5, 0.6) is 5.75 Å². The van der Waals surface area contributed by atoms with Crippen molar-refractivity contribution in [3.8, 4) is 5.75 Å². The minimum atomic E-state index is 0.618. The second kappa shape index (κ2) is 6.53. The molecule has 4 N–H and O–H groups in total. The van der Waals surface area contributed by atoms with Gasteiger partial charge in [0.25, 0.3) is 0 Å². The van der Waals surface area contributed by atoms with Crippen molar-refractivity contribution in [3.63, 3.8) is 0 Å². The first-order valence-electron chi connectivity index (χ1n) is 6.10. The summed E-state index contributed by atoms with van der Waals surface area (Å²) in [5.41, 5.74) is 4.37. The lowest BCUT2D eigenvalue weighted by molar-refractivity contribution is 0.415. The van der Waals surface area contributed by atoms with Gasteiger partial charge in [0, 0.05) is 21.8 Å². The van der Waals surface area contributed by atoms with Crippen molar-refractivity contribution in [3.05, 3.63) is 34.6 Å². The lowest BCUT2D eigenvalue weighted by Crippen LogP contribution is -2.13. The van der Waals surface area contributed by atoms with Gasteiger partial charge in [-0.3, -0.25) is 0 Å². The number of methoxy groups -OCH3 is 1. The van der Waals surface area contributed by atoms with E-state index in [9.17, 15) is 0 Å². The predicted octanol–water partition coefficient (Wildman–Crippen LogP) is 2.84. The first-order chi connectivity index (χ1) is 9.67. The molecule has 0 spiro atoms. The molecule has 2 rings (SSSR count). The Hall–Kier alpha value is -1.86. The number of nitrogens with two attached hydrogens (primary N) is 1. The normalized spacial score (nSPS) is 10.2. The van der Waals surface area contributed by atoms with E-state index in [0.29, 0.717) is 5.82 Å². The van der Waals surface area contributed by atoms with Crippen LogP contribution in [-0.4, -0.2) is 17.1 Å². The lowest BCUT2D eigenvalue weighted by atomic mass is 10.2. The molecule has 0 aliphatic heterocycles. The number of benzene rings is 1. The Morgan fingerprint density at radius 3 is 2.65 bits per heavy atom. The van der Waals surface area contributed by atoms with Gasteiger partial charge in [-0.2, -0.15) is 0 Å². The number of halogens is 1. The Labute approximate surface area is 125 Å². The van der Waals surface area contributed by atoms with Crippen molar-refractivity contribution in [2.45, 2.75) is 13.3 Å². The topological polar surface area (TPSA) is 85.1 Å². The smallest absolute Gasteiger partial charge is 0.148 e. The van der Waals surface area contributed by atoms with Crippen LogP contribution < -0.4 is 21.3 Å². The number of nitrogen functional groups attached to an aromatic ring is 1. The SMILES string of the molecule is CCc1c(NN)ncnc1Nc1cc(Br)cc(OC)c1. The minimum Gasteiger partial charge on any atom is -0.497 e. The van der Waals surface area contributed by atoms with Crippen molar-refractivity contribution in [1.29, 1.82) is 0 Å². The Balaban J connectivity index is 2.37.